The van der Waals surface area contributed by atoms with Crippen LogP contribution in [0.3, 0.4) is 0 Å². The topological polar surface area (TPSA) is 30.2 Å². The van der Waals surface area contributed by atoms with Gasteiger partial charge in [0.15, 0.2) is 5.65 Å². The molecule has 13 heavy (non-hydrogen) atoms. The van der Waals surface area contributed by atoms with Crippen LogP contribution in [0, 0.1) is 6.92 Å². The van der Waals surface area contributed by atoms with Crippen LogP contribution in [-0.4, -0.2) is 14.6 Å². The summed E-state index contributed by atoms with van der Waals surface area (Å²) in [5, 5.41) is 4.29. The Kier molecular flexibility index (Phi) is 1.79. The average molecular weight is 175 g/mol. The maximum absolute atomic E-state index is 4.32. The lowest BCUT2D eigenvalue weighted by atomic mass is 10.1. The molecule has 0 unspecified atom stereocenters. The van der Waals surface area contributed by atoms with E-state index in [1.807, 2.05) is 29.9 Å². The van der Waals surface area contributed by atoms with Gasteiger partial charge in [-0.05, 0) is 18.9 Å². The van der Waals surface area contributed by atoms with Crippen molar-refractivity contribution in [2.24, 2.45) is 0 Å². The van der Waals surface area contributed by atoms with Crippen molar-refractivity contribution in [3.63, 3.8) is 0 Å². The molecule has 0 atom stereocenters. The number of hydrogen-bond donors (Lipinski definition) is 0. The maximum atomic E-state index is 4.32. The minimum absolute atomic E-state index is 0.479. The molecule has 0 radical (unpaired) electrons. The molecular formula is C10H13N3. The van der Waals surface area contributed by atoms with Crippen LogP contribution in [0.4, 0.5) is 0 Å². The molecule has 0 aliphatic rings. The highest BCUT2D eigenvalue weighted by Gasteiger charge is 2.08. The van der Waals surface area contributed by atoms with E-state index in [4.69, 9.17) is 0 Å². The SMILES string of the molecule is Cc1ccnc2c(C(C)C)cnn12. The summed E-state index contributed by atoms with van der Waals surface area (Å²) in [6.45, 7) is 6.34. The van der Waals surface area contributed by atoms with E-state index in [1.165, 1.54) is 5.56 Å². The van der Waals surface area contributed by atoms with Crippen LogP contribution < -0.4 is 0 Å². The van der Waals surface area contributed by atoms with Gasteiger partial charge in [0, 0.05) is 17.5 Å². The van der Waals surface area contributed by atoms with Crippen LogP contribution in [0.5, 0.6) is 0 Å². The fraction of sp³-hybridized carbons (Fsp3) is 0.400. The first kappa shape index (κ1) is 8.23. The molecule has 0 aliphatic heterocycles. The summed E-state index contributed by atoms with van der Waals surface area (Å²) in [5.74, 6) is 0.479. The van der Waals surface area contributed by atoms with Gasteiger partial charge in [0.1, 0.15) is 0 Å². The Hall–Kier alpha value is -1.38. The van der Waals surface area contributed by atoms with Gasteiger partial charge in [0.05, 0.1) is 6.20 Å². The van der Waals surface area contributed by atoms with Crippen LogP contribution in [0.1, 0.15) is 31.0 Å². The second kappa shape index (κ2) is 2.83. The van der Waals surface area contributed by atoms with Crippen molar-refractivity contribution >= 4 is 5.65 Å². The second-order valence-electron chi connectivity index (χ2n) is 3.58. The molecule has 0 saturated heterocycles. The Morgan fingerprint density at radius 2 is 2.15 bits per heavy atom. The standard InChI is InChI=1S/C10H13N3/c1-7(2)9-6-12-13-8(3)4-5-11-10(9)13/h4-7H,1-3H3. The monoisotopic (exact) mass is 175 g/mol. The highest BCUT2D eigenvalue weighted by atomic mass is 15.2. The molecule has 0 N–H and O–H groups in total. The van der Waals surface area contributed by atoms with E-state index in [9.17, 15) is 0 Å². The molecule has 3 heteroatoms. The fourth-order valence-electron chi connectivity index (χ4n) is 1.44. The minimum atomic E-state index is 0.479. The van der Waals surface area contributed by atoms with Crippen LogP contribution in [0.2, 0.25) is 0 Å². The molecular weight excluding hydrogens is 162 g/mol. The molecule has 68 valence electrons. The Morgan fingerprint density at radius 1 is 1.38 bits per heavy atom. The Labute approximate surface area is 77.4 Å². The summed E-state index contributed by atoms with van der Waals surface area (Å²) < 4.78 is 1.88. The Bertz CT molecular complexity index is 429. The molecule has 3 nitrogen and oxygen atoms in total. The van der Waals surface area contributed by atoms with Crippen LogP contribution in [-0.2, 0) is 0 Å². The lowest BCUT2D eigenvalue weighted by Crippen LogP contribution is -1.95. The van der Waals surface area contributed by atoms with Gasteiger partial charge < -0.3 is 0 Å². The van der Waals surface area contributed by atoms with Crippen molar-refractivity contribution in [3.05, 3.63) is 29.7 Å². The minimum Gasteiger partial charge on any atom is -0.237 e. The lowest BCUT2D eigenvalue weighted by Gasteiger charge is -2.01. The molecule has 0 aliphatic carbocycles. The summed E-state index contributed by atoms with van der Waals surface area (Å²) in [6, 6.07) is 1.96. The quantitative estimate of drug-likeness (QED) is 0.664. The zero-order chi connectivity index (χ0) is 9.42. The molecule has 0 fully saturated rings. The van der Waals surface area contributed by atoms with Gasteiger partial charge >= 0.3 is 0 Å². The number of aromatic nitrogens is 3. The average Bonchev–Trinajstić information content (AvgIpc) is 2.48. The van der Waals surface area contributed by atoms with Crippen molar-refractivity contribution in [1.82, 2.24) is 14.6 Å². The molecule has 0 aromatic carbocycles. The van der Waals surface area contributed by atoms with Crippen molar-refractivity contribution in [1.29, 1.82) is 0 Å². The molecule has 2 aromatic heterocycles. The van der Waals surface area contributed by atoms with E-state index < -0.39 is 0 Å². The Balaban J connectivity index is 2.75. The summed E-state index contributed by atoms with van der Waals surface area (Å²) in [4.78, 5) is 4.32. The van der Waals surface area contributed by atoms with Crippen molar-refractivity contribution in [3.8, 4) is 0 Å². The first-order valence-electron chi connectivity index (χ1n) is 4.49. The number of aryl methyl sites for hydroxylation is 1. The van der Waals surface area contributed by atoms with Gasteiger partial charge in [0.2, 0.25) is 0 Å². The Morgan fingerprint density at radius 3 is 2.85 bits per heavy atom. The number of nitrogens with zero attached hydrogens (tertiary/aromatic N) is 3. The molecule has 2 rings (SSSR count). The van der Waals surface area contributed by atoms with Crippen molar-refractivity contribution in [2.45, 2.75) is 26.7 Å². The van der Waals surface area contributed by atoms with Gasteiger partial charge in [-0.25, -0.2) is 9.50 Å². The summed E-state index contributed by atoms with van der Waals surface area (Å²) in [7, 11) is 0. The third kappa shape index (κ3) is 1.20. The normalized spacial score (nSPS) is 11.4. The van der Waals surface area contributed by atoms with Crippen LogP contribution in [0.15, 0.2) is 18.5 Å². The van der Waals surface area contributed by atoms with E-state index in [-0.39, 0.29) is 0 Å². The summed E-state index contributed by atoms with van der Waals surface area (Å²) in [5.41, 5.74) is 3.32. The van der Waals surface area contributed by atoms with Gasteiger partial charge in [-0.3, -0.25) is 0 Å². The predicted molar refractivity (Wildman–Crippen MR) is 51.8 cm³/mol. The number of fused-ring (bicyclic) bond motifs is 1. The molecule has 0 bridgehead atoms. The highest BCUT2D eigenvalue weighted by molar-refractivity contribution is 5.48. The van der Waals surface area contributed by atoms with E-state index >= 15 is 0 Å². The van der Waals surface area contributed by atoms with E-state index in [0.717, 1.165) is 11.3 Å². The predicted octanol–water partition coefficient (Wildman–Crippen LogP) is 2.16. The zero-order valence-electron chi connectivity index (χ0n) is 8.15. The first-order chi connectivity index (χ1) is 6.20. The fourth-order valence-corrected chi connectivity index (χ4v) is 1.44. The third-order valence-corrected chi connectivity index (χ3v) is 2.24. The van der Waals surface area contributed by atoms with E-state index in [0.29, 0.717) is 5.92 Å². The highest BCUT2D eigenvalue weighted by Crippen LogP contribution is 2.18. The number of hydrogen-bond acceptors (Lipinski definition) is 2. The maximum Gasteiger partial charge on any atom is 0.158 e. The van der Waals surface area contributed by atoms with Gasteiger partial charge in [0.25, 0.3) is 0 Å². The van der Waals surface area contributed by atoms with E-state index in [1.54, 1.807) is 0 Å². The van der Waals surface area contributed by atoms with E-state index in [2.05, 4.69) is 23.9 Å². The molecule has 0 spiro atoms. The second-order valence-corrected chi connectivity index (χ2v) is 3.58. The third-order valence-electron chi connectivity index (χ3n) is 2.24. The number of rotatable bonds is 1. The first-order valence-corrected chi connectivity index (χ1v) is 4.49. The zero-order valence-corrected chi connectivity index (χ0v) is 8.15. The van der Waals surface area contributed by atoms with Crippen molar-refractivity contribution in [2.75, 3.05) is 0 Å². The largest absolute Gasteiger partial charge is 0.237 e. The van der Waals surface area contributed by atoms with Crippen LogP contribution >= 0.6 is 0 Å². The summed E-state index contributed by atoms with van der Waals surface area (Å²) in [6.07, 6.45) is 3.73. The van der Waals surface area contributed by atoms with Crippen LogP contribution in [0.25, 0.3) is 5.65 Å². The molecule has 2 heterocycles. The smallest absolute Gasteiger partial charge is 0.158 e. The van der Waals surface area contributed by atoms with Gasteiger partial charge in [-0.15, -0.1) is 0 Å². The van der Waals surface area contributed by atoms with Crippen molar-refractivity contribution < 1.29 is 0 Å². The molecule has 2 aromatic rings. The van der Waals surface area contributed by atoms with Gasteiger partial charge in [-0.1, -0.05) is 13.8 Å². The lowest BCUT2D eigenvalue weighted by molar-refractivity contribution is 0.869. The molecule has 0 saturated carbocycles. The van der Waals surface area contributed by atoms with Gasteiger partial charge in [-0.2, -0.15) is 5.10 Å². The summed E-state index contributed by atoms with van der Waals surface area (Å²) >= 11 is 0. The molecule has 0 amide bonds.